The van der Waals surface area contributed by atoms with E-state index in [2.05, 4.69) is 26.2 Å². The summed E-state index contributed by atoms with van der Waals surface area (Å²) in [5.41, 5.74) is 2.11. The van der Waals surface area contributed by atoms with E-state index < -0.39 is 0 Å². The van der Waals surface area contributed by atoms with Gasteiger partial charge in [-0.2, -0.15) is 0 Å². The standard InChI is InChI=1S/C18H22BrN3O3/c1-2-25-18(23)15-12-21-16-4-3-13(19)11-14(16)17(15)20-5-6-22-7-9-24-10-8-22/h3-4,11-12H,2,5-10H2,1H3,(H,20,21)/p+1. The number of hydrogen-bond acceptors (Lipinski definition) is 5. The van der Waals surface area contributed by atoms with E-state index in [1.54, 1.807) is 13.1 Å². The molecule has 0 aliphatic carbocycles. The Morgan fingerprint density at radius 1 is 1.40 bits per heavy atom. The summed E-state index contributed by atoms with van der Waals surface area (Å²) in [6, 6.07) is 5.86. The largest absolute Gasteiger partial charge is 0.462 e. The van der Waals surface area contributed by atoms with Gasteiger partial charge in [0, 0.05) is 16.1 Å². The van der Waals surface area contributed by atoms with Crippen molar-refractivity contribution in [1.29, 1.82) is 0 Å². The molecule has 0 radical (unpaired) electrons. The molecule has 1 aliphatic heterocycles. The maximum Gasteiger partial charge on any atom is 0.341 e. The summed E-state index contributed by atoms with van der Waals surface area (Å²) in [5, 5.41) is 4.36. The lowest BCUT2D eigenvalue weighted by Crippen LogP contribution is -3.14. The molecule has 0 bridgehead atoms. The van der Waals surface area contributed by atoms with Gasteiger partial charge in [-0.05, 0) is 25.1 Å². The molecule has 0 atom stereocenters. The second-order valence-corrected chi connectivity index (χ2v) is 6.88. The van der Waals surface area contributed by atoms with Crippen LogP contribution in [0, 0.1) is 0 Å². The number of esters is 1. The number of rotatable bonds is 6. The van der Waals surface area contributed by atoms with Crippen LogP contribution in [0.25, 0.3) is 10.9 Å². The Bertz CT molecular complexity index is 748. The van der Waals surface area contributed by atoms with Crippen molar-refractivity contribution in [3.8, 4) is 0 Å². The lowest BCUT2D eigenvalue weighted by atomic mass is 10.1. The molecule has 3 rings (SSSR count). The number of nitrogens with zero attached hydrogens (tertiary/aromatic N) is 1. The minimum atomic E-state index is -0.349. The number of ether oxygens (including phenoxy) is 2. The predicted octanol–water partition coefficient (Wildman–Crippen LogP) is 1.50. The van der Waals surface area contributed by atoms with Crippen LogP contribution in [-0.4, -0.2) is 57.0 Å². The SMILES string of the molecule is CCOC(=O)c1cnc2ccc(Br)cc2c1NCC[NH+]1CCOCC1. The molecule has 0 unspecified atom stereocenters. The molecular weight excluding hydrogens is 386 g/mol. The average molecular weight is 409 g/mol. The molecule has 1 aromatic carbocycles. The Labute approximate surface area is 155 Å². The zero-order chi connectivity index (χ0) is 17.6. The highest BCUT2D eigenvalue weighted by Crippen LogP contribution is 2.29. The Kier molecular flexibility index (Phi) is 6.23. The Morgan fingerprint density at radius 3 is 2.96 bits per heavy atom. The number of aromatic nitrogens is 1. The summed E-state index contributed by atoms with van der Waals surface area (Å²) in [5.74, 6) is -0.349. The molecule has 0 saturated carbocycles. The van der Waals surface area contributed by atoms with Crippen molar-refractivity contribution in [2.24, 2.45) is 0 Å². The van der Waals surface area contributed by atoms with E-state index >= 15 is 0 Å². The highest BCUT2D eigenvalue weighted by Gasteiger charge is 2.18. The van der Waals surface area contributed by atoms with Crippen molar-refractivity contribution in [2.45, 2.75) is 6.92 Å². The third-order valence-corrected chi connectivity index (χ3v) is 4.80. The summed E-state index contributed by atoms with van der Waals surface area (Å²) in [7, 11) is 0. The first kappa shape index (κ1) is 18.1. The number of hydrogen-bond donors (Lipinski definition) is 2. The van der Waals surface area contributed by atoms with Gasteiger partial charge < -0.3 is 19.7 Å². The fourth-order valence-electron chi connectivity index (χ4n) is 2.99. The van der Waals surface area contributed by atoms with E-state index in [-0.39, 0.29) is 5.97 Å². The third kappa shape index (κ3) is 4.48. The molecule has 1 fully saturated rings. The summed E-state index contributed by atoms with van der Waals surface area (Å²) in [4.78, 5) is 18.2. The molecular formula is C18H23BrN3O3+. The summed E-state index contributed by atoms with van der Waals surface area (Å²) >= 11 is 3.50. The normalized spacial score (nSPS) is 15.3. The monoisotopic (exact) mass is 408 g/mol. The van der Waals surface area contributed by atoms with Crippen LogP contribution >= 0.6 is 15.9 Å². The first-order chi connectivity index (χ1) is 12.2. The van der Waals surface area contributed by atoms with Crippen LogP contribution in [0.5, 0.6) is 0 Å². The predicted molar refractivity (Wildman–Crippen MR) is 100 cm³/mol. The van der Waals surface area contributed by atoms with Gasteiger partial charge in [-0.15, -0.1) is 0 Å². The molecule has 1 saturated heterocycles. The van der Waals surface area contributed by atoms with Crippen LogP contribution in [0.15, 0.2) is 28.9 Å². The number of halogens is 1. The molecule has 0 amide bonds. The summed E-state index contributed by atoms with van der Waals surface area (Å²) in [6.45, 7) is 7.56. The first-order valence-electron chi connectivity index (χ1n) is 8.59. The molecule has 134 valence electrons. The number of fused-ring (bicyclic) bond motifs is 1. The van der Waals surface area contributed by atoms with Crippen LogP contribution in [0.1, 0.15) is 17.3 Å². The van der Waals surface area contributed by atoms with E-state index in [0.717, 1.165) is 60.5 Å². The maximum absolute atomic E-state index is 12.3. The molecule has 2 N–H and O–H groups in total. The van der Waals surface area contributed by atoms with E-state index in [1.807, 2.05) is 18.2 Å². The van der Waals surface area contributed by atoms with Crippen molar-refractivity contribution in [3.05, 3.63) is 34.4 Å². The summed E-state index contributed by atoms with van der Waals surface area (Å²) < 4.78 is 11.5. The maximum atomic E-state index is 12.3. The number of benzene rings is 1. The quantitative estimate of drug-likeness (QED) is 0.709. The van der Waals surface area contributed by atoms with Crippen LogP contribution in [-0.2, 0) is 9.47 Å². The number of anilines is 1. The molecule has 25 heavy (non-hydrogen) atoms. The molecule has 2 aromatic rings. The van der Waals surface area contributed by atoms with E-state index in [0.29, 0.717) is 12.2 Å². The number of carbonyl (C=O) groups is 1. The van der Waals surface area contributed by atoms with Crippen LogP contribution in [0.3, 0.4) is 0 Å². The fraction of sp³-hybridized carbons (Fsp3) is 0.444. The highest BCUT2D eigenvalue weighted by atomic mass is 79.9. The van der Waals surface area contributed by atoms with Crippen molar-refractivity contribution < 1.29 is 19.2 Å². The fourth-order valence-corrected chi connectivity index (χ4v) is 3.35. The van der Waals surface area contributed by atoms with Gasteiger partial charge >= 0.3 is 5.97 Å². The average Bonchev–Trinajstić information content (AvgIpc) is 2.63. The zero-order valence-electron chi connectivity index (χ0n) is 14.3. The van der Waals surface area contributed by atoms with Crippen LogP contribution in [0.4, 0.5) is 5.69 Å². The van der Waals surface area contributed by atoms with Gasteiger partial charge in [0.25, 0.3) is 0 Å². The molecule has 1 aromatic heterocycles. The third-order valence-electron chi connectivity index (χ3n) is 4.31. The number of quaternary nitrogens is 1. The zero-order valence-corrected chi connectivity index (χ0v) is 15.9. The van der Waals surface area contributed by atoms with Gasteiger partial charge in [-0.25, -0.2) is 4.79 Å². The van der Waals surface area contributed by atoms with E-state index in [1.165, 1.54) is 4.90 Å². The Morgan fingerprint density at radius 2 is 2.20 bits per heavy atom. The molecule has 2 heterocycles. The van der Waals surface area contributed by atoms with E-state index in [4.69, 9.17) is 9.47 Å². The van der Waals surface area contributed by atoms with E-state index in [9.17, 15) is 4.79 Å². The smallest absolute Gasteiger partial charge is 0.341 e. The topological polar surface area (TPSA) is 64.9 Å². The van der Waals surface area contributed by atoms with Gasteiger partial charge in [0.15, 0.2) is 0 Å². The summed E-state index contributed by atoms with van der Waals surface area (Å²) in [6.07, 6.45) is 1.60. The molecule has 6 nitrogen and oxygen atoms in total. The number of nitrogens with one attached hydrogen (secondary N) is 2. The van der Waals surface area contributed by atoms with Gasteiger partial charge in [0.2, 0.25) is 0 Å². The van der Waals surface area contributed by atoms with Crippen molar-refractivity contribution in [2.75, 3.05) is 51.3 Å². The Balaban J connectivity index is 1.84. The number of morpholine rings is 1. The minimum Gasteiger partial charge on any atom is -0.462 e. The van der Waals surface area contributed by atoms with Gasteiger partial charge in [0.1, 0.15) is 18.7 Å². The van der Waals surface area contributed by atoms with Crippen molar-refractivity contribution in [3.63, 3.8) is 0 Å². The number of pyridine rings is 1. The highest BCUT2D eigenvalue weighted by molar-refractivity contribution is 9.10. The van der Waals surface area contributed by atoms with Gasteiger partial charge in [0.05, 0.1) is 44.1 Å². The molecule has 7 heteroatoms. The lowest BCUT2D eigenvalue weighted by Gasteiger charge is -2.24. The van der Waals surface area contributed by atoms with Gasteiger partial charge in [-0.3, -0.25) is 4.98 Å². The lowest BCUT2D eigenvalue weighted by molar-refractivity contribution is -0.906. The van der Waals surface area contributed by atoms with Crippen molar-refractivity contribution >= 4 is 38.5 Å². The Hall–Kier alpha value is -1.70. The molecule has 0 spiro atoms. The second kappa shape index (κ2) is 8.60. The second-order valence-electron chi connectivity index (χ2n) is 5.97. The van der Waals surface area contributed by atoms with Gasteiger partial charge in [-0.1, -0.05) is 15.9 Å². The number of carbonyl (C=O) groups excluding carboxylic acids is 1. The van der Waals surface area contributed by atoms with Crippen molar-refractivity contribution in [1.82, 2.24) is 4.98 Å². The minimum absolute atomic E-state index is 0.340. The van der Waals surface area contributed by atoms with Crippen LogP contribution in [0.2, 0.25) is 0 Å². The van der Waals surface area contributed by atoms with Crippen LogP contribution < -0.4 is 10.2 Å². The molecule has 1 aliphatic rings. The first-order valence-corrected chi connectivity index (χ1v) is 9.39.